The third kappa shape index (κ3) is 2.97. The van der Waals surface area contributed by atoms with Crippen molar-refractivity contribution in [1.29, 1.82) is 0 Å². The first kappa shape index (κ1) is 16.1. The van der Waals surface area contributed by atoms with Crippen molar-refractivity contribution in [2.75, 3.05) is 14.2 Å². The van der Waals surface area contributed by atoms with Gasteiger partial charge in [-0.15, -0.1) is 0 Å². The molecule has 0 aromatic heterocycles. The molecule has 5 heteroatoms. The number of Topliss-reactive ketones (excluding diaryl/α,β-unsaturated/α-hetero) is 1. The summed E-state index contributed by atoms with van der Waals surface area (Å²) in [7, 11) is 2.89. The normalized spacial score (nSPS) is 18.4. The second-order valence-corrected chi connectivity index (χ2v) is 5.56. The van der Waals surface area contributed by atoms with E-state index in [9.17, 15) is 9.59 Å². The summed E-state index contributed by atoms with van der Waals surface area (Å²) >= 11 is 0. The zero-order valence-corrected chi connectivity index (χ0v) is 13.5. The molecule has 2 atom stereocenters. The van der Waals surface area contributed by atoms with E-state index in [4.69, 9.17) is 14.2 Å². The highest BCUT2D eigenvalue weighted by Gasteiger charge is 2.41. The Hall–Kier alpha value is -2.82. The van der Waals surface area contributed by atoms with Gasteiger partial charge in [-0.1, -0.05) is 18.2 Å². The summed E-state index contributed by atoms with van der Waals surface area (Å²) in [5, 5.41) is 0. The van der Waals surface area contributed by atoms with Crippen molar-refractivity contribution in [2.24, 2.45) is 0 Å². The smallest absolute Gasteiger partial charge is 0.347 e. The van der Waals surface area contributed by atoms with Crippen molar-refractivity contribution in [3.8, 4) is 11.5 Å². The zero-order valence-electron chi connectivity index (χ0n) is 13.5. The van der Waals surface area contributed by atoms with Crippen LogP contribution < -0.4 is 9.47 Å². The molecular weight excluding hydrogens is 308 g/mol. The van der Waals surface area contributed by atoms with Crippen molar-refractivity contribution in [1.82, 2.24) is 0 Å². The largest absolute Gasteiger partial charge is 0.497 e. The number of ketones is 1. The van der Waals surface area contributed by atoms with Gasteiger partial charge in [-0.05, 0) is 30.3 Å². The predicted octanol–water partition coefficient (Wildman–Crippen LogP) is 2.99. The van der Waals surface area contributed by atoms with Gasteiger partial charge in [0.1, 0.15) is 11.5 Å². The highest BCUT2D eigenvalue weighted by molar-refractivity contribution is 5.97. The van der Waals surface area contributed by atoms with Gasteiger partial charge in [0.25, 0.3) is 0 Å². The number of hydrogen-bond donors (Lipinski definition) is 0. The molecule has 0 fully saturated rings. The van der Waals surface area contributed by atoms with Crippen LogP contribution in [0, 0.1) is 0 Å². The summed E-state index contributed by atoms with van der Waals surface area (Å²) in [6.07, 6.45) is -0.627. The molecule has 5 nitrogen and oxygen atoms in total. The molecule has 0 saturated carbocycles. The third-order valence-corrected chi connectivity index (χ3v) is 4.19. The number of hydrogen-bond acceptors (Lipinski definition) is 5. The van der Waals surface area contributed by atoms with Gasteiger partial charge in [0.15, 0.2) is 5.78 Å². The quantitative estimate of drug-likeness (QED) is 0.624. The number of fused-ring (bicyclic) bond motifs is 1. The van der Waals surface area contributed by atoms with E-state index in [2.05, 4.69) is 0 Å². The number of rotatable bonds is 5. The highest BCUT2D eigenvalue weighted by atomic mass is 16.6. The minimum Gasteiger partial charge on any atom is -0.497 e. The highest BCUT2D eigenvalue weighted by Crippen LogP contribution is 2.41. The van der Waals surface area contributed by atoms with Gasteiger partial charge in [-0.25, -0.2) is 4.79 Å². The van der Waals surface area contributed by atoms with E-state index in [1.165, 1.54) is 7.11 Å². The first-order valence-electron chi connectivity index (χ1n) is 7.64. The fraction of sp³-hybridized carbons (Fsp3) is 0.263. The fourth-order valence-corrected chi connectivity index (χ4v) is 2.92. The molecular formula is C19H18O5. The minimum absolute atomic E-state index is 0.0585. The van der Waals surface area contributed by atoms with Gasteiger partial charge < -0.3 is 14.2 Å². The monoisotopic (exact) mass is 326 g/mol. The Morgan fingerprint density at radius 1 is 1.04 bits per heavy atom. The molecule has 0 aliphatic carbocycles. The fourth-order valence-electron chi connectivity index (χ4n) is 2.92. The van der Waals surface area contributed by atoms with Gasteiger partial charge in [-0.2, -0.15) is 0 Å². The summed E-state index contributed by atoms with van der Waals surface area (Å²) in [5.74, 6) is 0.424. The van der Waals surface area contributed by atoms with E-state index >= 15 is 0 Å². The van der Waals surface area contributed by atoms with E-state index in [1.807, 2.05) is 18.2 Å². The van der Waals surface area contributed by atoms with Crippen molar-refractivity contribution < 1.29 is 23.8 Å². The molecule has 0 saturated heterocycles. The van der Waals surface area contributed by atoms with Crippen LogP contribution in [0.2, 0.25) is 0 Å². The van der Waals surface area contributed by atoms with Crippen LogP contribution in [0.3, 0.4) is 0 Å². The molecule has 0 amide bonds. The Morgan fingerprint density at radius 3 is 2.42 bits per heavy atom. The molecule has 24 heavy (non-hydrogen) atoms. The molecule has 0 N–H and O–H groups in total. The van der Waals surface area contributed by atoms with Gasteiger partial charge in [0, 0.05) is 23.5 Å². The summed E-state index contributed by atoms with van der Waals surface area (Å²) in [6, 6.07) is 14.3. The van der Waals surface area contributed by atoms with Crippen LogP contribution in [-0.2, 0) is 9.53 Å². The Morgan fingerprint density at radius 2 is 1.75 bits per heavy atom. The topological polar surface area (TPSA) is 61.8 Å². The molecule has 0 radical (unpaired) electrons. The lowest BCUT2D eigenvalue weighted by atomic mass is 9.88. The number of esters is 1. The SMILES string of the molecule is COC(=O)[C@@H]1Oc2ccccc2[C@@H]1CC(=O)c1ccc(OC)cc1. The predicted molar refractivity (Wildman–Crippen MR) is 87.6 cm³/mol. The van der Waals surface area contributed by atoms with Crippen LogP contribution in [0.1, 0.15) is 28.3 Å². The number of benzene rings is 2. The minimum atomic E-state index is -0.797. The van der Waals surface area contributed by atoms with Crippen LogP contribution in [0.25, 0.3) is 0 Å². The van der Waals surface area contributed by atoms with Crippen LogP contribution in [-0.4, -0.2) is 32.1 Å². The molecule has 0 unspecified atom stereocenters. The van der Waals surface area contributed by atoms with Crippen molar-refractivity contribution in [2.45, 2.75) is 18.4 Å². The molecule has 0 bridgehead atoms. The first-order valence-corrected chi connectivity index (χ1v) is 7.64. The van der Waals surface area contributed by atoms with Crippen LogP contribution >= 0.6 is 0 Å². The van der Waals surface area contributed by atoms with Crippen molar-refractivity contribution >= 4 is 11.8 Å². The molecule has 2 aromatic carbocycles. The van der Waals surface area contributed by atoms with Gasteiger partial charge >= 0.3 is 5.97 Å². The second kappa shape index (κ2) is 6.74. The number of carbonyl (C=O) groups is 2. The molecule has 1 aliphatic heterocycles. The van der Waals surface area contributed by atoms with Crippen molar-refractivity contribution in [3.05, 3.63) is 59.7 Å². The van der Waals surface area contributed by atoms with Crippen molar-refractivity contribution in [3.63, 3.8) is 0 Å². The Labute approximate surface area is 140 Å². The zero-order chi connectivity index (χ0) is 17.1. The summed E-state index contributed by atoms with van der Waals surface area (Å²) in [5.41, 5.74) is 1.43. The number of ether oxygens (including phenoxy) is 3. The maximum atomic E-state index is 12.6. The van der Waals surface area contributed by atoms with Gasteiger partial charge in [0.05, 0.1) is 14.2 Å². The van der Waals surface area contributed by atoms with Gasteiger partial charge in [-0.3, -0.25) is 4.79 Å². The summed E-state index contributed by atoms with van der Waals surface area (Å²) in [6.45, 7) is 0. The Bertz CT molecular complexity index is 751. The summed E-state index contributed by atoms with van der Waals surface area (Å²) in [4.78, 5) is 24.6. The standard InChI is InChI=1S/C19H18O5/c1-22-13-9-7-12(8-10-13)16(20)11-15-14-5-3-4-6-17(14)24-18(15)19(21)23-2/h3-10,15,18H,11H2,1-2H3/t15-,18+/m0/s1. The first-order chi connectivity index (χ1) is 11.6. The molecule has 3 rings (SSSR count). The average molecular weight is 326 g/mol. The summed E-state index contributed by atoms with van der Waals surface area (Å²) < 4.78 is 15.6. The van der Waals surface area contributed by atoms with E-state index < -0.39 is 12.1 Å². The average Bonchev–Trinajstić information content (AvgIpc) is 2.99. The number of methoxy groups -OCH3 is 2. The molecule has 2 aromatic rings. The van der Waals surface area contributed by atoms with Crippen LogP contribution in [0.4, 0.5) is 0 Å². The maximum Gasteiger partial charge on any atom is 0.347 e. The van der Waals surface area contributed by atoms with Crippen LogP contribution in [0.15, 0.2) is 48.5 Å². The second-order valence-electron chi connectivity index (χ2n) is 5.56. The molecule has 124 valence electrons. The van der Waals surface area contributed by atoms with E-state index in [1.54, 1.807) is 37.4 Å². The van der Waals surface area contributed by atoms with Crippen LogP contribution in [0.5, 0.6) is 11.5 Å². The van der Waals surface area contributed by atoms with E-state index in [-0.39, 0.29) is 18.1 Å². The Balaban J connectivity index is 1.84. The molecule has 1 heterocycles. The maximum absolute atomic E-state index is 12.6. The lowest BCUT2D eigenvalue weighted by Crippen LogP contribution is -2.31. The van der Waals surface area contributed by atoms with E-state index in [0.717, 1.165) is 5.56 Å². The molecule has 1 aliphatic rings. The number of para-hydroxylation sites is 1. The van der Waals surface area contributed by atoms with E-state index in [0.29, 0.717) is 17.1 Å². The molecule has 0 spiro atoms. The third-order valence-electron chi connectivity index (χ3n) is 4.19. The number of carbonyl (C=O) groups excluding carboxylic acids is 2. The Kier molecular flexibility index (Phi) is 4.51. The lowest BCUT2D eigenvalue weighted by Gasteiger charge is -2.16. The lowest BCUT2D eigenvalue weighted by molar-refractivity contribution is -0.148. The van der Waals surface area contributed by atoms with Gasteiger partial charge in [0.2, 0.25) is 6.10 Å².